The number of fused-ring (bicyclic) bond motifs is 1. The van der Waals surface area contributed by atoms with Crippen LogP contribution in [-0.4, -0.2) is 87.2 Å². The van der Waals surface area contributed by atoms with Crippen LogP contribution in [0.2, 0.25) is 0 Å². The molecule has 0 saturated heterocycles. The third kappa shape index (κ3) is 14.2. The Hall–Kier alpha value is -7.12. The number of likely N-dealkylation sites (N-methyl/N-ethyl adjacent to an activating group) is 1. The molecule has 0 unspecified atom stereocenters. The predicted molar refractivity (Wildman–Crippen MR) is 253 cm³/mol. The highest BCUT2D eigenvalue weighted by molar-refractivity contribution is 6.02. The molecule has 0 fully saturated rings. The minimum Gasteiger partial charge on any atom is -0.489 e. The van der Waals surface area contributed by atoms with Gasteiger partial charge in [0.05, 0.1) is 29.6 Å². The molecule has 1 atom stereocenters. The molecule has 370 valence electrons. The number of hydrogen-bond acceptors (Lipinski definition) is 10. The first-order valence-electron chi connectivity index (χ1n) is 23.4. The Kier molecular flexibility index (Phi) is 17.7. The Morgan fingerprint density at radius 2 is 1.63 bits per heavy atom. The van der Waals surface area contributed by atoms with Crippen molar-refractivity contribution in [3.63, 3.8) is 0 Å². The molecular weight excluding hydrogens is 911 g/mol. The van der Waals surface area contributed by atoms with E-state index in [0.29, 0.717) is 61.2 Å². The first-order valence-corrected chi connectivity index (χ1v) is 23.4. The maximum Gasteiger partial charge on any atom is 0.419 e. The third-order valence-electron chi connectivity index (χ3n) is 11.8. The number of benzene rings is 4. The van der Waals surface area contributed by atoms with Gasteiger partial charge in [0, 0.05) is 51.4 Å². The molecule has 5 N–H and O–H groups in total. The second kappa shape index (κ2) is 24.4. The molecule has 7 rings (SSSR count). The molecule has 6 aromatic rings. The van der Waals surface area contributed by atoms with Gasteiger partial charge in [-0.2, -0.15) is 18.3 Å². The molecule has 0 radical (unpaired) electrons. The van der Waals surface area contributed by atoms with Crippen LogP contribution in [0.15, 0.2) is 97.3 Å². The Bertz CT molecular complexity index is 2690. The number of para-hydroxylation sites is 2. The minimum absolute atomic E-state index is 0.0116. The molecule has 3 heterocycles. The average Bonchev–Trinajstić information content (AvgIpc) is 4.02. The van der Waals surface area contributed by atoms with Gasteiger partial charge in [0.2, 0.25) is 5.82 Å². The summed E-state index contributed by atoms with van der Waals surface area (Å²) in [5, 5.41) is 29.3. The third-order valence-corrected chi connectivity index (χ3v) is 11.8. The number of hydrogen-bond donors (Lipinski definition) is 5. The number of aliphatic hydroxyl groups excluding tert-OH is 1. The van der Waals surface area contributed by atoms with Crippen molar-refractivity contribution in [2.24, 2.45) is 0 Å². The zero-order valence-electron chi connectivity index (χ0n) is 38.9. The van der Waals surface area contributed by atoms with Crippen LogP contribution in [-0.2, 0) is 49.9 Å². The van der Waals surface area contributed by atoms with E-state index in [9.17, 15) is 37.1 Å². The summed E-state index contributed by atoms with van der Waals surface area (Å²) in [6.45, 7) is 1.63. The lowest BCUT2D eigenvalue weighted by molar-refractivity contribution is -0.140. The van der Waals surface area contributed by atoms with Gasteiger partial charge in [-0.1, -0.05) is 67.4 Å². The van der Waals surface area contributed by atoms with E-state index in [1.54, 1.807) is 42.3 Å². The van der Waals surface area contributed by atoms with Gasteiger partial charge in [-0.05, 0) is 91.1 Å². The molecule has 15 nitrogen and oxygen atoms in total. The zero-order chi connectivity index (χ0) is 49.5. The van der Waals surface area contributed by atoms with Crippen molar-refractivity contribution in [3.05, 3.63) is 154 Å². The molecule has 1 aliphatic heterocycles. The SMILES string of the molecule is CN1C(=O)[C@@H](NC(=O)c2n[nH]c(Cc3ccc(CCCCCCn4cc(C(=O)NCCCCc5ccc(OCc6ccc(F)c(C(F)(F)F)c6)c(CNCCO)c5)cn4)cc3)n2)COc2ccccc21. The monoisotopic (exact) mass is 967 g/mol. The van der Waals surface area contributed by atoms with Crippen LogP contribution in [0.1, 0.15) is 98.7 Å². The number of H-pyrrole nitrogens is 1. The molecule has 0 bridgehead atoms. The van der Waals surface area contributed by atoms with Gasteiger partial charge >= 0.3 is 6.18 Å². The average molecular weight is 968 g/mol. The summed E-state index contributed by atoms with van der Waals surface area (Å²) in [6, 6.07) is 23.0. The summed E-state index contributed by atoms with van der Waals surface area (Å²) in [5.74, 6) is -0.896. The van der Waals surface area contributed by atoms with Crippen molar-refractivity contribution >= 4 is 23.4 Å². The Morgan fingerprint density at radius 3 is 2.44 bits per heavy atom. The topological polar surface area (TPSA) is 189 Å². The van der Waals surface area contributed by atoms with Gasteiger partial charge in [0.15, 0.2) is 0 Å². The predicted octanol–water partition coefficient (Wildman–Crippen LogP) is 7.12. The molecule has 0 saturated carbocycles. The van der Waals surface area contributed by atoms with Crippen molar-refractivity contribution in [2.75, 3.05) is 38.3 Å². The summed E-state index contributed by atoms with van der Waals surface area (Å²) in [7, 11) is 1.64. The van der Waals surface area contributed by atoms with Gasteiger partial charge in [-0.15, -0.1) is 5.10 Å². The quantitative estimate of drug-likeness (QED) is 0.0309. The second-order valence-electron chi connectivity index (χ2n) is 17.1. The first-order chi connectivity index (χ1) is 33.8. The molecule has 1 aliphatic rings. The number of aromatic nitrogens is 5. The molecule has 4 aromatic carbocycles. The normalized spacial score (nSPS) is 13.7. The standard InChI is InChI=1S/C51H57F4N9O6/c1-63-43-12-5-6-13-45(43)70-33-42(50(63)68)59-49(67)47-60-46(61-62-47)28-36-16-14-34(15-17-36)10-4-2-3-9-24-64-31-39(30-58-64)48(66)57-22-8-7-11-35-19-21-44(38(26-35)29-56-23-25-65)69-32-37-18-20-41(52)40(27-37)51(53,54)55/h5-6,12-21,26-27,30-31,42,56,65H,2-4,7-11,22-25,28-29,32-33H2,1H3,(H,57,66)(H,59,67)(H,60,61,62)/t42-/m0/s1. The molecule has 2 aromatic heterocycles. The van der Waals surface area contributed by atoms with Gasteiger partial charge in [-0.25, -0.2) is 9.37 Å². The molecule has 70 heavy (non-hydrogen) atoms. The summed E-state index contributed by atoms with van der Waals surface area (Å²) >= 11 is 0. The van der Waals surface area contributed by atoms with Crippen molar-refractivity contribution in [1.82, 2.24) is 40.9 Å². The van der Waals surface area contributed by atoms with Crippen molar-refractivity contribution in [3.8, 4) is 11.5 Å². The van der Waals surface area contributed by atoms with Crippen LogP contribution in [0.4, 0.5) is 23.2 Å². The maximum atomic E-state index is 13.8. The van der Waals surface area contributed by atoms with Crippen molar-refractivity contribution in [1.29, 1.82) is 0 Å². The van der Waals surface area contributed by atoms with Crippen LogP contribution < -0.4 is 30.3 Å². The fourth-order valence-electron chi connectivity index (χ4n) is 8.00. The van der Waals surface area contributed by atoms with E-state index in [2.05, 4.69) is 48.4 Å². The number of aromatic amines is 1. The highest BCUT2D eigenvalue weighted by atomic mass is 19.4. The molecule has 19 heteroatoms. The molecule has 0 spiro atoms. The summed E-state index contributed by atoms with van der Waals surface area (Å²) in [4.78, 5) is 44.7. The van der Waals surface area contributed by atoms with Gasteiger partial charge in [-0.3, -0.25) is 24.2 Å². The van der Waals surface area contributed by atoms with Crippen LogP contribution in [0, 0.1) is 5.82 Å². The van der Waals surface area contributed by atoms with Crippen LogP contribution >= 0.6 is 0 Å². The van der Waals surface area contributed by atoms with Crippen LogP contribution in [0.3, 0.4) is 0 Å². The van der Waals surface area contributed by atoms with E-state index in [1.807, 2.05) is 36.4 Å². The van der Waals surface area contributed by atoms with E-state index in [4.69, 9.17) is 9.47 Å². The highest BCUT2D eigenvalue weighted by Crippen LogP contribution is 2.33. The van der Waals surface area contributed by atoms with Crippen LogP contribution in [0.25, 0.3) is 0 Å². The van der Waals surface area contributed by atoms with E-state index in [-0.39, 0.29) is 43.0 Å². The lowest BCUT2D eigenvalue weighted by Crippen LogP contribution is -2.49. The number of halogens is 4. The fraction of sp³-hybridized carbons (Fsp3) is 0.373. The number of aliphatic hydroxyl groups is 1. The lowest BCUT2D eigenvalue weighted by atomic mass is 10.0. The van der Waals surface area contributed by atoms with Gasteiger partial charge in [0.25, 0.3) is 17.7 Å². The Balaban J connectivity index is 0.756. The van der Waals surface area contributed by atoms with E-state index in [1.165, 1.54) is 16.5 Å². The summed E-state index contributed by atoms with van der Waals surface area (Å²) in [5.41, 5.74) is 3.99. The maximum absolute atomic E-state index is 13.8. The number of nitrogens with zero attached hydrogens (tertiary/aromatic N) is 5. The highest BCUT2D eigenvalue weighted by Gasteiger charge is 2.34. The summed E-state index contributed by atoms with van der Waals surface area (Å²) < 4.78 is 66.8. The number of ether oxygens (including phenoxy) is 2. The molecule has 0 aliphatic carbocycles. The van der Waals surface area contributed by atoms with Gasteiger partial charge < -0.3 is 35.4 Å². The summed E-state index contributed by atoms with van der Waals surface area (Å²) in [6.07, 6.45) is 6.19. The number of carbonyl (C=O) groups excluding carboxylic acids is 3. The lowest BCUT2D eigenvalue weighted by Gasteiger charge is -2.19. The Labute approximate surface area is 403 Å². The number of nitrogens with one attached hydrogen (secondary N) is 4. The van der Waals surface area contributed by atoms with Crippen molar-refractivity contribution < 1.29 is 46.5 Å². The second-order valence-corrected chi connectivity index (χ2v) is 17.1. The van der Waals surface area contributed by atoms with Crippen LogP contribution in [0.5, 0.6) is 11.5 Å². The largest absolute Gasteiger partial charge is 0.489 e. The number of carbonyl (C=O) groups is 3. The smallest absolute Gasteiger partial charge is 0.419 e. The number of aryl methyl sites for hydroxylation is 3. The fourth-order valence-corrected chi connectivity index (χ4v) is 8.00. The molecule has 3 amide bonds. The van der Waals surface area contributed by atoms with E-state index in [0.717, 1.165) is 80.2 Å². The zero-order valence-corrected chi connectivity index (χ0v) is 38.9. The van der Waals surface area contributed by atoms with E-state index >= 15 is 0 Å². The number of alkyl halides is 3. The number of anilines is 1. The Morgan fingerprint density at radius 1 is 0.886 bits per heavy atom. The van der Waals surface area contributed by atoms with Gasteiger partial charge in [0.1, 0.15) is 42.4 Å². The minimum atomic E-state index is -4.82. The van der Waals surface area contributed by atoms with E-state index < -0.39 is 29.5 Å². The number of unbranched alkanes of at least 4 members (excludes halogenated alkanes) is 4. The molecular formula is C51H57F4N9O6. The van der Waals surface area contributed by atoms with Crippen molar-refractivity contribution in [2.45, 2.75) is 89.7 Å². The number of rotatable bonds is 24. The number of amides is 3. The first kappa shape index (κ1) is 50.7.